The minimum absolute atomic E-state index is 0.113. The van der Waals surface area contributed by atoms with Gasteiger partial charge in [0.2, 0.25) is 10.0 Å². The summed E-state index contributed by atoms with van der Waals surface area (Å²) in [6.07, 6.45) is 0. The monoisotopic (exact) mass is 488 g/mol. The number of methoxy groups -OCH3 is 1. The molecule has 1 heterocycles. The summed E-state index contributed by atoms with van der Waals surface area (Å²) in [5.41, 5.74) is 3.09. The van der Waals surface area contributed by atoms with Crippen molar-refractivity contribution in [2.24, 2.45) is 5.14 Å². The van der Waals surface area contributed by atoms with Gasteiger partial charge in [0.05, 0.1) is 34.7 Å². The Balaban J connectivity index is 1.74. The summed E-state index contributed by atoms with van der Waals surface area (Å²) in [5, 5.41) is 22.2. The summed E-state index contributed by atoms with van der Waals surface area (Å²) in [6.45, 7) is 0. The maximum Gasteiger partial charge on any atom is 0.310 e. The number of nitro groups is 1. The van der Waals surface area contributed by atoms with Gasteiger partial charge in [0.25, 0.3) is 5.91 Å². The van der Waals surface area contributed by atoms with Gasteiger partial charge in [-0.05, 0) is 53.1 Å². The largest absolute Gasteiger partial charge is 0.490 e. The molecule has 0 fully saturated rings. The number of rotatable bonds is 5. The van der Waals surface area contributed by atoms with E-state index in [1.165, 1.54) is 25.3 Å². The zero-order chi connectivity index (χ0) is 23.9. The third-order valence-corrected chi connectivity index (χ3v) is 6.93. The fourth-order valence-corrected chi connectivity index (χ4v) is 4.13. The number of nitrogens with one attached hydrogen (secondary N) is 2. The lowest BCUT2D eigenvalue weighted by molar-refractivity contribution is -0.385. The lowest BCUT2D eigenvalue weighted by Crippen LogP contribution is -2.18. The van der Waals surface area contributed by atoms with Crippen molar-refractivity contribution < 1.29 is 22.9 Å². The second-order valence-corrected chi connectivity index (χ2v) is 9.54. The van der Waals surface area contributed by atoms with Crippen LogP contribution in [0.1, 0.15) is 20.6 Å². The molecule has 0 saturated carbocycles. The highest BCUT2D eigenvalue weighted by atomic mass is 35.5. The van der Waals surface area contributed by atoms with E-state index in [9.17, 15) is 23.3 Å². The maximum atomic E-state index is 12.8. The summed E-state index contributed by atoms with van der Waals surface area (Å²) in [7, 11) is -2.68. The van der Waals surface area contributed by atoms with Gasteiger partial charge >= 0.3 is 5.69 Å². The van der Waals surface area contributed by atoms with Crippen molar-refractivity contribution in [2.45, 2.75) is 4.71 Å². The highest BCUT2D eigenvalue weighted by Crippen LogP contribution is 2.38. The average Bonchev–Trinajstić information content (AvgIpc) is 2.91. The molecule has 4 rings (SSSR count). The van der Waals surface area contributed by atoms with E-state index >= 15 is 0 Å². The number of nitro benzene ring substituents is 1. The van der Waals surface area contributed by atoms with Crippen LogP contribution in [0.4, 0.5) is 22.7 Å². The van der Waals surface area contributed by atoms with Crippen molar-refractivity contribution in [1.29, 1.82) is 0 Å². The first kappa shape index (κ1) is 22.5. The number of nitrogens with zero attached hydrogens (tertiary/aromatic N) is 1. The molecule has 33 heavy (non-hydrogen) atoms. The van der Waals surface area contributed by atoms with E-state index in [-0.39, 0.29) is 17.0 Å². The van der Waals surface area contributed by atoms with Gasteiger partial charge in [0, 0.05) is 6.07 Å². The second kappa shape index (κ2) is 8.35. The number of benzene rings is 3. The van der Waals surface area contributed by atoms with Crippen molar-refractivity contribution in [3.05, 3.63) is 75.8 Å². The number of halogens is 1. The molecule has 3 aromatic rings. The van der Waals surface area contributed by atoms with E-state index in [0.717, 1.165) is 0 Å². The van der Waals surface area contributed by atoms with Crippen LogP contribution in [0.5, 0.6) is 5.75 Å². The highest BCUT2D eigenvalue weighted by molar-refractivity contribution is 7.90. The van der Waals surface area contributed by atoms with Crippen LogP contribution in [-0.4, -0.2) is 26.4 Å². The Morgan fingerprint density at radius 2 is 1.70 bits per heavy atom. The summed E-state index contributed by atoms with van der Waals surface area (Å²) in [4.78, 5) is 23.4. The number of carbonyl (C=O) groups excluding carboxylic acids is 1. The molecule has 4 N–H and O–H groups in total. The maximum absolute atomic E-state index is 12.8. The molecular formula is C21H17ClN4O6S. The second-order valence-electron chi connectivity index (χ2n) is 7.19. The van der Waals surface area contributed by atoms with Crippen molar-refractivity contribution in [1.82, 2.24) is 0 Å². The van der Waals surface area contributed by atoms with Crippen LogP contribution >= 0.6 is 11.6 Å². The van der Waals surface area contributed by atoms with Gasteiger partial charge in [0.15, 0.2) is 10.5 Å². The van der Waals surface area contributed by atoms with E-state index in [1.54, 1.807) is 36.4 Å². The summed E-state index contributed by atoms with van der Waals surface area (Å²) >= 11 is 5.94. The van der Waals surface area contributed by atoms with E-state index in [2.05, 4.69) is 10.6 Å². The molecule has 1 aliphatic heterocycles. The first-order chi connectivity index (χ1) is 15.6. The number of hydrogen-bond donors (Lipinski definition) is 3. The van der Waals surface area contributed by atoms with Crippen molar-refractivity contribution in [3.63, 3.8) is 0 Å². The Morgan fingerprint density at radius 3 is 2.36 bits per heavy atom. The quantitative estimate of drug-likeness (QED) is 0.277. The number of hydrogen-bond acceptors (Lipinski definition) is 7. The van der Waals surface area contributed by atoms with Crippen LogP contribution < -0.4 is 20.5 Å². The fraction of sp³-hybridized carbons (Fsp3) is 0.0952. The lowest BCUT2D eigenvalue weighted by atomic mass is 10.0. The third kappa shape index (κ3) is 4.33. The summed E-state index contributed by atoms with van der Waals surface area (Å²) in [6, 6.07) is 14.1. The van der Waals surface area contributed by atoms with E-state index in [4.69, 9.17) is 21.5 Å². The van der Waals surface area contributed by atoms with Crippen molar-refractivity contribution in [2.75, 3.05) is 17.7 Å². The predicted molar refractivity (Wildman–Crippen MR) is 124 cm³/mol. The number of nitrogens with two attached hydrogens (primary N) is 1. The summed E-state index contributed by atoms with van der Waals surface area (Å²) in [5.74, 6) is -0.301. The van der Waals surface area contributed by atoms with Gasteiger partial charge < -0.3 is 15.4 Å². The molecule has 0 bridgehead atoms. The van der Waals surface area contributed by atoms with Crippen LogP contribution in [0.2, 0.25) is 0 Å². The zero-order valence-electron chi connectivity index (χ0n) is 17.0. The molecule has 0 aromatic heterocycles. The minimum atomic E-state index is -4.03. The van der Waals surface area contributed by atoms with Crippen LogP contribution in [-0.2, 0) is 10.0 Å². The number of fused-ring (bicyclic) bond motifs is 2. The van der Waals surface area contributed by atoms with Crippen LogP contribution in [0.25, 0.3) is 11.1 Å². The van der Waals surface area contributed by atoms with E-state index in [1.807, 2.05) is 0 Å². The Morgan fingerprint density at radius 1 is 1.00 bits per heavy atom. The highest BCUT2D eigenvalue weighted by Gasteiger charge is 2.25. The van der Waals surface area contributed by atoms with E-state index < -0.39 is 25.6 Å². The molecule has 10 nitrogen and oxygen atoms in total. The normalized spacial score (nSPS) is 13.6. The molecule has 0 saturated heterocycles. The molecule has 1 aliphatic rings. The van der Waals surface area contributed by atoms with Crippen LogP contribution in [0.3, 0.4) is 0 Å². The molecule has 1 amide bonds. The van der Waals surface area contributed by atoms with Gasteiger partial charge in [-0.3, -0.25) is 14.9 Å². The van der Waals surface area contributed by atoms with Crippen molar-refractivity contribution >= 4 is 50.3 Å². The number of primary sulfonamides is 1. The molecule has 170 valence electrons. The number of carbonyl (C=O) groups is 1. The van der Waals surface area contributed by atoms with Gasteiger partial charge in [0.1, 0.15) is 0 Å². The third-order valence-electron chi connectivity index (χ3n) is 5.09. The van der Waals surface area contributed by atoms with Gasteiger partial charge in [-0.15, -0.1) is 0 Å². The fourth-order valence-electron chi connectivity index (χ4n) is 3.47. The molecule has 1 atom stereocenters. The van der Waals surface area contributed by atoms with Gasteiger partial charge in [-0.25, -0.2) is 13.6 Å². The smallest absolute Gasteiger partial charge is 0.310 e. The van der Waals surface area contributed by atoms with Crippen molar-refractivity contribution in [3.8, 4) is 16.9 Å². The first-order valence-corrected chi connectivity index (χ1v) is 11.5. The molecule has 1 unspecified atom stereocenters. The molecule has 12 heteroatoms. The predicted octanol–water partition coefficient (Wildman–Crippen LogP) is 4.11. The number of sulfonamides is 1. The molecule has 0 radical (unpaired) electrons. The van der Waals surface area contributed by atoms with E-state index in [0.29, 0.717) is 33.8 Å². The Hall–Kier alpha value is -3.67. The Bertz CT molecular complexity index is 1410. The Labute approximate surface area is 193 Å². The average molecular weight is 489 g/mol. The van der Waals surface area contributed by atoms with Crippen LogP contribution in [0, 0.1) is 10.1 Å². The standard InChI is InChI=1S/C21H17ClN4O6S/c1-32-19-10-12(4-7-18(19)26(28)29)11-2-5-14-16(8-11)24-15-6-3-13(20(22)33(23,30)31)9-17(15)25-21(14)27/h2-10,20,24H,1H3,(H,25,27)(H2,23,30,31). The molecule has 0 spiro atoms. The molecular weight excluding hydrogens is 472 g/mol. The number of ether oxygens (including phenoxy) is 1. The van der Waals surface area contributed by atoms with Crippen LogP contribution in [0.15, 0.2) is 54.6 Å². The first-order valence-electron chi connectivity index (χ1n) is 9.43. The zero-order valence-corrected chi connectivity index (χ0v) is 18.6. The topological polar surface area (TPSA) is 154 Å². The van der Waals surface area contributed by atoms with Gasteiger partial charge in [-0.1, -0.05) is 23.7 Å². The number of alkyl halides is 1. The lowest BCUT2D eigenvalue weighted by Gasteiger charge is -2.13. The molecule has 3 aromatic carbocycles. The minimum Gasteiger partial charge on any atom is -0.490 e. The summed E-state index contributed by atoms with van der Waals surface area (Å²) < 4.78 is 26.8. The number of anilines is 3. The molecule has 0 aliphatic carbocycles. The Kier molecular flexibility index (Phi) is 5.70. The SMILES string of the molecule is COc1cc(-c2ccc3c(c2)Nc2ccc(C(Cl)S(N)(=O)=O)cc2NC3=O)ccc1[N+](=O)[O-]. The van der Waals surface area contributed by atoms with Gasteiger partial charge in [-0.2, -0.15) is 0 Å². The number of amides is 1.